The average Bonchev–Trinajstić information content (AvgIpc) is 3.15. The Balaban J connectivity index is 1.39. The summed E-state index contributed by atoms with van der Waals surface area (Å²) in [6, 6.07) is 3.29. The zero-order valence-corrected chi connectivity index (χ0v) is 14.7. The topological polar surface area (TPSA) is 55.9 Å². The Morgan fingerprint density at radius 2 is 1.50 bits per heavy atom. The van der Waals surface area contributed by atoms with Crippen LogP contribution in [0.1, 0.15) is 12.8 Å². The van der Waals surface area contributed by atoms with E-state index >= 15 is 0 Å². The number of likely N-dealkylation sites (tertiary alicyclic amines) is 1. The molecule has 3 rings (SSSR count). The second kappa shape index (κ2) is 8.55. The first-order valence-electron chi connectivity index (χ1n) is 8.98. The highest BCUT2D eigenvalue weighted by molar-refractivity contribution is 5.92. The summed E-state index contributed by atoms with van der Waals surface area (Å²) < 4.78 is 26.1. The molecule has 0 radical (unpaired) electrons. The molecule has 142 valence electrons. The van der Waals surface area contributed by atoms with Gasteiger partial charge in [0.15, 0.2) is 11.6 Å². The molecule has 0 atom stereocenters. The van der Waals surface area contributed by atoms with Crippen molar-refractivity contribution in [1.82, 2.24) is 14.7 Å². The smallest absolute Gasteiger partial charge is 0.238 e. The van der Waals surface area contributed by atoms with Gasteiger partial charge in [-0.3, -0.25) is 19.4 Å². The number of amides is 2. The second-order valence-corrected chi connectivity index (χ2v) is 6.82. The normalized spacial score (nSPS) is 18.9. The Kier molecular flexibility index (Phi) is 6.16. The van der Waals surface area contributed by atoms with Crippen LogP contribution >= 0.6 is 0 Å². The Labute approximate surface area is 151 Å². The molecule has 26 heavy (non-hydrogen) atoms. The summed E-state index contributed by atoms with van der Waals surface area (Å²) in [5.41, 5.74) is 0.240. The van der Waals surface area contributed by atoms with E-state index < -0.39 is 11.6 Å². The third-order valence-electron chi connectivity index (χ3n) is 4.85. The molecule has 2 aliphatic heterocycles. The predicted molar refractivity (Wildman–Crippen MR) is 93.7 cm³/mol. The molecule has 1 aromatic carbocycles. The van der Waals surface area contributed by atoms with Crippen molar-refractivity contribution in [2.24, 2.45) is 0 Å². The van der Waals surface area contributed by atoms with Crippen LogP contribution in [0.25, 0.3) is 0 Å². The number of rotatable bonds is 5. The van der Waals surface area contributed by atoms with E-state index in [1.807, 2.05) is 9.80 Å². The monoisotopic (exact) mass is 366 g/mol. The summed E-state index contributed by atoms with van der Waals surface area (Å²) in [6.07, 6.45) is 2.18. The molecule has 1 aromatic rings. The number of benzene rings is 1. The number of hydrogen-bond donors (Lipinski definition) is 1. The van der Waals surface area contributed by atoms with Gasteiger partial charge in [-0.15, -0.1) is 0 Å². The number of hydrogen-bond acceptors (Lipinski definition) is 4. The zero-order chi connectivity index (χ0) is 18.5. The van der Waals surface area contributed by atoms with Crippen molar-refractivity contribution in [1.29, 1.82) is 0 Å². The molecular formula is C18H24F2N4O2. The van der Waals surface area contributed by atoms with Gasteiger partial charge >= 0.3 is 0 Å². The van der Waals surface area contributed by atoms with Crippen LogP contribution in [-0.2, 0) is 9.59 Å². The fourth-order valence-electron chi connectivity index (χ4n) is 3.34. The molecule has 2 amide bonds. The first-order chi connectivity index (χ1) is 12.5. The molecule has 0 bridgehead atoms. The Hall–Kier alpha value is -2.06. The van der Waals surface area contributed by atoms with E-state index in [1.54, 1.807) is 0 Å². The van der Waals surface area contributed by atoms with Gasteiger partial charge in [-0.25, -0.2) is 8.78 Å². The van der Waals surface area contributed by atoms with Crippen LogP contribution in [0.3, 0.4) is 0 Å². The van der Waals surface area contributed by atoms with Crippen molar-refractivity contribution in [3.8, 4) is 0 Å². The largest absolute Gasteiger partial charge is 0.342 e. The average molecular weight is 366 g/mol. The first-order valence-corrected chi connectivity index (χ1v) is 8.98. The van der Waals surface area contributed by atoms with Gasteiger partial charge in [0.1, 0.15) is 0 Å². The molecule has 1 N–H and O–H groups in total. The first kappa shape index (κ1) is 18.7. The van der Waals surface area contributed by atoms with Gasteiger partial charge in [-0.2, -0.15) is 0 Å². The second-order valence-electron chi connectivity index (χ2n) is 6.82. The van der Waals surface area contributed by atoms with Crippen molar-refractivity contribution in [2.45, 2.75) is 12.8 Å². The lowest BCUT2D eigenvalue weighted by molar-refractivity contribution is -0.132. The number of carbonyl (C=O) groups excluding carboxylic acids is 2. The van der Waals surface area contributed by atoms with Gasteiger partial charge in [0, 0.05) is 51.0 Å². The third kappa shape index (κ3) is 4.98. The fraction of sp³-hybridized carbons (Fsp3) is 0.556. The van der Waals surface area contributed by atoms with Crippen LogP contribution in [0.4, 0.5) is 14.5 Å². The van der Waals surface area contributed by atoms with Crippen molar-refractivity contribution >= 4 is 17.5 Å². The number of carbonyl (C=O) groups is 2. The van der Waals surface area contributed by atoms with Gasteiger partial charge in [0.2, 0.25) is 11.8 Å². The van der Waals surface area contributed by atoms with Gasteiger partial charge in [-0.1, -0.05) is 0 Å². The standard InChI is InChI=1S/C18H24F2N4O2/c19-15-4-3-14(11-16(15)20)21-17(25)12-22-7-9-23(10-8-22)13-18(26)24-5-1-2-6-24/h3-4,11H,1-2,5-10,12-13H2,(H,21,25). The maximum atomic E-state index is 13.2. The van der Waals surface area contributed by atoms with E-state index in [0.29, 0.717) is 19.6 Å². The molecule has 0 aliphatic carbocycles. The maximum Gasteiger partial charge on any atom is 0.238 e. The minimum Gasteiger partial charge on any atom is -0.342 e. The minimum absolute atomic E-state index is 0.187. The summed E-state index contributed by atoms with van der Waals surface area (Å²) in [7, 11) is 0. The number of piperazine rings is 1. The van der Waals surface area contributed by atoms with E-state index in [2.05, 4.69) is 10.2 Å². The summed E-state index contributed by atoms with van der Waals surface area (Å²) in [5, 5.41) is 2.58. The van der Waals surface area contributed by atoms with E-state index in [1.165, 1.54) is 6.07 Å². The van der Waals surface area contributed by atoms with E-state index in [0.717, 1.165) is 51.2 Å². The van der Waals surface area contributed by atoms with Gasteiger partial charge in [0.25, 0.3) is 0 Å². The summed E-state index contributed by atoms with van der Waals surface area (Å²) in [4.78, 5) is 30.3. The lowest BCUT2D eigenvalue weighted by Crippen LogP contribution is -2.51. The fourth-order valence-corrected chi connectivity index (χ4v) is 3.34. The van der Waals surface area contributed by atoms with Crippen LogP contribution in [-0.4, -0.2) is 78.9 Å². The Morgan fingerprint density at radius 3 is 2.12 bits per heavy atom. The zero-order valence-electron chi connectivity index (χ0n) is 14.7. The van der Waals surface area contributed by atoms with Crippen molar-refractivity contribution < 1.29 is 18.4 Å². The minimum atomic E-state index is -0.987. The molecule has 0 aromatic heterocycles. The van der Waals surface area contributed by atoms with Gasteiger partial charge < -0.3 is 10.2 Å². The van der Waals surface area contributed by atoms with Crippen LogP contribution in [0.2, 0.25) is 0 Å². The van der Waals surface area contributed by atoms with Crippen LogP contribution in [0.15, 0.2) is 18.2 Å². The quantitative estimate of drug-likeness (QED) is 0.849. The molecule has 0 spiro atoms. The molecule has 2 heterocycles. The van der Waals surface area contributed by atoms with E-state index in [9.17, 15) is 18.4 Å². The highest BCUT2D eigenvalue weighted by Gasteiger charge is 2.24. The molecule has 0 unspecified atom stereocenters. The summed E-state index contributed by atoms with van der Waals surface area (Å²) >= 11 is 0. The van der Waals surface area contributed by atoms with Crippen molar-refractivity contribution in [2.75, 3.05) is 57.7 Å². The Morgan fingerprint density at radius 1 is 0.885 bits per heavy atom. The van der Waals surface area contributed by atoms with E-state index in [-0.39, 0.29) is 24.0 Å². The molecule has 0 saturated carbocycles. The molecular weight excluding hydrogens is 342 g/mol. The molecule has 2 fully saturated rings. The molecule has 6 nitrogen and oxygen atoms in total. The SMILES string of the molecule is O=C(CN1CCN(CC(=O)N2CCCC2)CC1)Nc1ccc(F)c(F)c1. The van der Waals surface area contributed by atoms with E-state index in [4.69, 9.17) is 0 Å². The molecule has 8 heteroatoms. The highest BCUT2D eigenvalue weighted by Crippen LogP contribution is 2.13. The van der Waals surface area contributed by atoms with Crippen LogP contribution < -0.4 is 5.32 Å². The molecule has 2 aliphatic rings. The van der Waals surface area contributed by atoms with Gasteiger partial charge in [-0.05, 0) is 25.0 Å². The van der Waals surface area contributed by atoms with Crippen LogP contribution in [0.5, 0.6) is 0 Å². The predicted octanol–water partition coefficient (Wildman–Crippen LogP) is 1.14. The summed E-state index contributed by atoms with van der Waals surface area (Å²) in [5.74, 6) is -2.01. The van der Waals surface area contributed by atoms with Crippen LogP contribution in [0, 0.1) is 11.6 Å². The van der Waals surface area contributed by atoms with Gasteiger partial charge in [0.05, 0.1) is 13.1 Å². The lowest BCUT2D eigenvalue weighted by atomic mass is 10.2. The molecule has 2 saturated heterocycles. The number of halogens is 2. The Bertz CT molecular complexity index is 657. The number of anilines is 1. The third-order valence-corrected chi connectivity index (χ3v) is 4.85. The number of nitrogens with one attached hydrogen (secondary N) is 1. The maximum absolute atomic E-state index is 13.2. The lowest BCUT2D eigenvalue weighted by Gasteiger charge is -2.34. The van der Waals surface area contributed by atoms with Crippen molar-refractivity contribution in [3.05, 3.63) is 29.8 Å². The highest BCUT2D eigenvalue weighted by atomic mass is 19.2. The number of nitrogens with zero attached hydrogens (tertiary/aromatic N) is 3. The van der Waals surface area contributed by atoms with Crippen molar-refractivity contribution in [3.63, 3.8) is 0 Å². The summed E-state index contributed by atoms with van der Waals surface area (Å²) in [6.45, 7) is 5.21.